The SMILES string of the molecule is Cn1ccsc1=NC(=O)c1cc(N2CCNC(=O)C2)ccn1. The molecule has 0 spiro atoms. The lowest BCUT2D eigenvalue weighted by molar-refractivity contribution is -0.120. The van der Waals surface area contributed by atoms with Crippen LogP contribution in [0.15, 0.2) is 34.9 Å². The van der Waals surface area contributed by atoms with E-state index in [0.29, 0.717) is 17.9 Å². The molecular weight excluding hydrogens is 302 g/mol. The zero-order valence-electron chi connectivity index (χ0n) is 12.0. The number of pyridine rings is 1. The molecule has 0 aromatic carbocycles. The number of hydrogen-bond donors (Lipinski definition) is 1. The summed E-state index contributed by atoms with van der Waals surface area (Å²) >= 11 is 1.39. The molecule has 1 aliphatic rings. The zero-order valence-corrected chi connectivity index (χ0v) is 12.8. The summed E-state index contributed by atoms with van der Waals surface area (Å²) in [4.78, 5) is 34.4. The number of amides is 2. The maximum Gasteiger partial charge on any atom is 0.298 e. The molecule has 2 aromatic heterocycles. The molecule has 2 amide bonds. The summed E-state index contributed by atoms with van der Waals surface area (Å²) < 4.78 is 1.78. The Morgan fingerprint density at radius 2 is 2.36 bits per heavy atom. The van der Waals surface area contributed by atoms with Crippen molar-refractivity contribution in [1.82, 2.24) is 14.9 Å². The summed E-state index contributed by atoms with van der Waals surface area (Å²) in [6, 6.07) is 3.47. The number of anilines is 1. The van der Waals surface area contributed by atoms with Crippen LogP contribution in [0, 0.1) is 0 Å². The average molecular weight is 317 g/mol. The lowest BCUT2D eigenvalue weighted by Gasteiger charge is -2.28. The molecule has 2 aromatic rings. The molecule has 8 heteroatoms. The van der Waals surface area contributed by atoms with E-state index in [2.05, 4.69) is 15.3 Å². The molecule has 0 radical (unpaired) electrons. The van der Waals surface area contributed by atoms with Crippen LogP contribution in [0.1, 0.15) is 10.5 Å². The van der Waals surface area contributed by atoms with Crippen molar-refractivity contribution in [3.8, 4) is 0 Å². The van der Waals surface area contributed by atoms with E-state index in [9.17, 15) is 9.59 Å². The number of aromatic nitrogens is 2. The minimum atomic E-state index is -0.388. The van der Waals surface area contributed by atoms with Gasteiger partial charge >= 0.3 is 0 Å². The second kappa shape index (κ2) is 6.10. The van der Waals surface area contributed by atoms with Gasteiger partial charge in [0.15, 0.2) is 4.80 Å². The normalized spacial score (nSPS) is 15.8. The molecule has 1 fully saturated rings. The Kier molecular flexibility index (Phi) is 4.01. The number of thiazole rings is 1. The molecule has 3 rings (SSSR count). The summed E-state index contributed by atoms with van der Waals surface area (Å²) in [5.74, 6) is -0.410. The molecule has 0 atom stereocenters. The fraction of sp³-hybridized carbons (Fsp3) is 0.286. The molecule has 0 aliphatic carbocycles. The van der Waals surface area contributed by atoms with Gasteiger partial charge in [-0.25, -0.2) is 0 Å². The monoisotopic (exact) mass is 317 g/mol. The van der Waals surface area contributed by atoms with Crippen molar-refractivity contribution in [3.63, 3.8) is 0 Å². The number of hydrogen-bond acceptors (Lipinski definition) is 5. The van der Waals surface area contributed by atoms with E-state index in [-0.39, 0.29) is 24.1 Å². The number of rotatable bonds is 2. The first-order valence-electron chi connectivity index (χ1n) is 6.80. The Bertz CT molecular complexity index is 779. The standard InChI is InChI=1S/C14H15N5O2S/c1-18-6-7-22-14(18)17-13(21)11-8-10(2-3-15-11)19-5-4-16-12(20)9-19/h2-3,6-8H,4-5,9H2,1H3,(H,16,20). The van der Waals surface area contributed by atoms with E-state index in [1.165, 1.54) is 11.3 Å². The number of carbonyl (C=O) groups is 2. The molecule has 7 nitrogen and oxygen atoms in total. The van der Waals surface area contributed by atoms with E-state index in [1.54, 1.807) is 22.9 Å². The second-order valence-corrected chi connectivity index (χ2v) is 5.76. The number of piperazine rings is 1. The van der Waals surface area contributed by atoms with Crippen LogP contribution >= 0.6 is 11.3 Å². The summed E-state index contributed by atoms with van der Waals surface area (Å²) in [5, 5.41) is 4.64. The van der Waals surface area contributed by atoms with Crippen LogP contribution in [-0.2, 0) is 11.8 Å². The topological polar surface area (TPSA) is 79.6 Å². The van der Waals surface area contributed by atoms with Crippen LogP contribution in [0.2, 0.25) is 0 Å². The van der Waals surface area contributed by atoms with Gasteiger partial charge in [0.2, 0.25) is 5.91 Å². The number of nitrogens with zero attached hydrogens (tertiary/aromatic N) is 4. The van der Waals surface area contributed by atoms with Gasteiger partial charge < -0.3 is 14.8 Å². The summed E-state index contributed by atoms with van der Waals surface area (Å²) in [7, 11) is 1.83. The van der Waals surface area contributed by atoms with Crippen molar-refractivity contribution < 1.29 is 9.59 Å². The summed E-state index contributed by atoms with van der Waals surface area (Å²) in [6.45, 7) is 1.59. The lowest BCUT2D eigenvalue weighted by Crippen LogP contribution is -2.47. The Labute approximate surface area is 130 Å². The molecule has 0 bridgehead atoms. The second-order valence-electron chi connectivity index (χ2n) is 4.88. The van der Waals surface area contributed by atoms with Crippen LogP contribution < -0.4 is 15.0 Å². The third kappa shape index (κ3) is 3.06. The zero-order chi connectivity index (χ0) is 15.5. The van der Waals surface area contributed by atoms with Crippen LogP contribution in [0.5, 0.6) is 0 Å². The van der Waals surface area contributed by atoms with Gasteiger partial charge in [0.1, 0.15) is 5.69 Å². The minimum absolute atomic E-state index is 0.0220. The van der Waals surface area contributed by atoms with Crippen molar-refractivity contribution in [2.45, 2.75) is 0 Å². The highest BCUT2D eigenvalue weighted by Gasteiger charge is 2.17. The van der Waals surface area contributed by atoms with Gasteiger partial charge in [-0.1, -0.05) is 0 Å². The van der Waals surface area contributed by atoms with E-state index in [4.69, 9.17) is 0 Å². The lowest BCUT2D eigenvalue weighted by atomic mass is 10.2. The van der Waals surface area contributed by atoms with Crippen LogP contribution in [-0.4, -0.2) is 41.0 Å². The third-order valence-corrected chi connectivity index (χ3v) is 4.17. The highest BCUT2D eigenvalue weighted by molar-refractivity contribution is 7.07. The first kappa shape index (κ1) is 14.5. The quantitative estimate of drug-likeness (QED) is 0.856. The molecule has 3 heterocycles. The first-order valence-corrected chi connectivity index (χ1v) is 7.68. The maximum atomic E-state index is 12.2. The predicted molar refractivity (Wildman–Crippen MR) is 82.6 cm³/mol. The van der Waals surface area contributed by atoms with E-state index >= 15 is 0 Å². The van der Waals surface area contributed by atoms with Gasteiger partial charge in [0.25, 0.3) is 5.91 Å². The Morgan fingerprint density at radius 3 is 3.09 bits per heavy atom. The molecular formula is C14H15N5O2S. The predicted octanol–water partition coefficient (Wildman–Crippen LogP) is 0.159. The number of aryl methyl sites for hydroxylation is 1. The number of nitrogens with one attached hydrogen (secondary N) is 1. The average Bonchev–Trinajstić information content (AvgIpc) is 2.92. The summed E-state index contributed by atoms with van der Waals surface area (Å²) in [6.07, 6.45) is 3.41. The van der Waals surface area contributed by atoms with Gasteiger partial charge in [-0.05, 0) is 12.1 Å². The summed E-state index contributed by atoms with van der Waals surface area (Å²) in [5.41, 5.74) is 1.08. The first-order chi connectivity index (χ1) is 10.6. The van der Waals surface area contributed by atoms with Gasteiger partial charge in [-0.15, -0.1) is 11.3 Å². The fourth-order valence-electron chi connectivity index (χ4n) is 2.17. The smallest absolute Gasteiger partial charge is 0.298 e. The van der Waals surface area contributed by atoms with Crippen molar-refractivity contribution in [3.05, 3.63) is 40.4 Å². The van der Waals surface area contributed by atoms with Crippen LogP contribution in [0.4, 0.5) is 5.69 Å². The highest BCUT2D eigenvalue weighted by atomic mass is 32.1. The van der Waals surface area contributed by atoms with Crippen molar-refractivity contribution in [1.29, 1.82) is 0 Å². The van der Waals surface area contributed by atoms with E-state index in [0.717, 1.165) is 5.69 Å². The van der Waals surface area contributed by atoms with Gasteiger partial charge in [0, 0.05) is 43.6 Å². The molecule has 0 saturated carbocycles. The van der Waals surface area contributed by atoms with Crippen molar-refractivity contribution in [2.24, 2.45) is 12.0 Å². The minimum Gasteiger partial charge on any atom is -0.360 e. The van der Waals surface area contributed by atoms with Gasteiger partial charge in [-0.3, -0.25) is 14.6 Å². The van der Waals surface area contributed by atoms with Gasteiger partial charge in [-0.2, -0.15) is 4.99 Å². The molecule has 1 aliphatic heterocycles. The van der Waals surface area contributed by atoms with Gasteiger partial charge in [0.05, 0.1) is 6.54 Å². The Balaban J connectivity index is 1.86. The molecule has 22 heavy (non-hydrogen) atoms. The fourth-order valence-corrected chi connectivity index (χ4v) is 2.90. The largest absolute Gasteiger partial charge is 0.360 e. The molecule has 0 unspecified atom stereocenters. The molecule has 1 N–H and O–H groups in total. The van der Waals surface area contributed by atoms with Crippen molar-refractivity contribution >= 4 is 28.8 Å². The van der Waals surface area contributed by atoms with E-state index in [1.807, 2.05) is 23.5 Å². The van der Waals surface area contributed by atoms with Crippen LogP contribution in [0.25, 0.3) is 0 Å². The number of carbonyl (C=O) groups excluding carboxylic acids is 2. The van der Waals surface area contributed by atoms with E-state index < -0.39 is 0 Å². The highest BCUT2D eigenvalue weighted by Crippen LogP contribution is 2.15. The molecule has 114 valence electrons. The Hall–Kier alpha value is -2.48. The third-order valence-electron chi connectivity index (χ3n) is 3.32. The Morgan fingerprint density at radius 1 is 1.50 bits per heavy atom. The van der Waals surface area contributed by atoms with Crippen molar-refractivity contribution in [2.75, 3.05) is 24.5 Å². The van der Waals surface area contributed by atoms with Crippen LogP contribution in [0.3, 0.4) is 0 Å². The molecule has 1 saturated heterocycles. The maximum absolute atomic E-state index is 12.2.